The van der Waals surface area contributed by atoms with Gasteiger partial charge in [-0.1, -0.05) is 118 Å². The number of nitrogens with zero attached hydrogens (tertiary/aromatic N) is 2. The Morgan fingerprint density at radius 1 is 0.771 bits per heavy atom. The van der Waals surface area contributed by atoms with Gasteiger partial charge >= 0.3 is 0 Å². The molecule has 3 atom stereocenters. The number of hydrogen-bond acceptors (Lipinski definition) is 2. The first-order valence-corrected chi connectivity index (χ1v) is 17.9. The summed E-state index contributed by atoms with van der Waals surface area (Å²) >= 11 is 0. The van der Waals surface area contributed by atoms with Gasteiger partial charge in [-0.05, 0) is 122 Å². The number of rotatable bonds is 3. The van der Waals surface area contributed by atoms with Crippen molar-refractivity contribution in [2.75, 3.05) is 9.80 Å². The summed E-state index contributed by atoms with van der Waals surface area (Å²) in [6.45, 7) is 14.0. The molecule has 4 aliphatic rings. The predicted molar refractivity (Wildman–Crippen MR) is 209 cm³/mol. The van der Waals surface area contributed by atoms with Crippen LogP contribution in [0.4, 0.5) is 28.4 Å². The molecule has 0 N–H and O–H groups in total. The van der Waals surface area contributed by atoms with Gasteiger partial charge in [-0.15, -0.1) is 0 Å². The van der Waals surface area contributed by atoms with Crippen LogP contribution in [0.5, 0.6) is 0 Å². The summed E-state index contributed by atoms with van der Waals surface area (Å²) in [5.74, 6) is -2.37. The van der Waals surface area contributed by atoms with E-state index >= 15 is 0 Å². The summed E-state index contributed by atoms with van der Waals surface area (Å²) in [4.78, 5) is 4.70. The Labute approximate surface area is 300 Å². The van der Waals surface area contributed by atoms with Crippen LogP contribution in [0, 0.1) is 16.7 Å². The Morgan fingerprint density at radius 2 is 1.38 bits per heavy atom. The molecule has 0 amide bonds. The summed E-state index contributed by atoms with van der Waals surface area (Å²) in [5, 5.41) is 0. The van der Waals surface area contributed by atoms with Crippen LogP contribution in [0.3, 0.4) is 0 Å². The van der Waals surface area contributed by atoms with E-state index in [0.717, 1.165) is 57.8 Å². The molecule has 2 fully saturated rings. The zero-order valence-electron chi connectivity index (χ0n) is 37.3. The van der Waals surface area contributed by atoms with Gasteiger partial charge in [0.1, 0.15) is 0 Å². The molecule has 8 rings (SSSR count). The Morgan fingerprint density at radius 3 is 1.96 bits per heavy atom. The van der Waals surface area contributed by atoms with E-state index in [-0.39, 0.29) is 40.0 Å². The lowest BCUT2D eigenvalue weighted by Gasteiger charge is -2.54. The van der Waals surface area contributed by atoms with Crippen molar-refractivity contribution in [2.45, 2.75) is 118 Å². The Bertz CT molecular complexity index is 2180. The third-order valence-corrected chi connectivity index (χ3v) is 12.6. The zero-order valence-corrected chi connectivity index (χ0v) is 30.3. The van der Waals surface area contributed by atoms with Crippen LogP contribution in [0.25, 0.3) is 0 Å². The molecule has 2 nitrogen and oxygen atoms in total. The van der Waals surface area contributed by atoms with Crippen molar-refractivity contribution >= 4 is 51.5 Å². The van der Waals surface area contributed by atoms with Gasteiger partial charge in [0.15, 0.2) is 0 Å². The van der Waals surface area contributed by atoms with Crippen LogP contribution in [-0.2, 0) is 10.8 Å². The monoisotopic (exact) mass is 641 g/mol. The Hall–Kier alpha value is -3.46. The number of fused-ring (bicyclic) bond motifs is 6. The van der Waals surface area contributed by atoms with E-state index in [1.54, 1.807) is 12.1 Å². The van der Waals surface area contributed by atoms with E-state index in [9.17, 15) is 1.37 Å². The fraction of sp³-hybridized carbons (Fsp3) is 0.467. The molecular weight excluding hydrogens is 579 g/mol. The molecule has 2 aliphatic carbocycles. The highest BCUT2D eigenvalue weighted by Gasteiger charge is 2.63. The number of hydrogen-bond donors (Lipinski definition) is 0. The molecule has 0 aromatic heterocycles. The van der Waals surface area contributed by atoms with Crippen molar-refractivity contribution in [1.29, 1.82) is 0 Å². The minimum absolute atomic E-state index is 0.0112. The summed E-state index contributed by atoms with van der Waals surface area (Å²) in [7, 11) is 0. The molecule has 3 unspecified atom stereocenters. The maximum absolute atomic E-state index is 9.63. The zero-order chi connectivity index (χ0) is 40.1. The van der Waals surface area contributed by atoms with Crippen molar-refractivity contribution in [2.24, 2.45) is 16.7 Å². The SMILES string of the molecule is [2H]C([2H])([2H])C([2H])(c1cc2c3c(c1)N(C1C4(C)CCC(C4)C1(C)C)c1cc(C(C)(C)C)ccc1B3c1ccc(C(C)(C)C)cc1N2c1ccccc1)C([2H])([2H])[2H]. The molecular formula is C45H55BN2. The van der Waals surface area contributed by atoms with Gasteiger partial charge in [-0.25, -0.2) is 0 Å². The first kappa shape index (κ1) is 24.6. The fourth-order valence-corrected chi connectivity index (χ4v) is 10.1. The minimum atomic E-state index is -3.14. The normalized spacial score (nSPS) is 26.7. The van der Waals surface area contributed by atoms with E-state index in [1.807, 2.05) is 18.2 Å². The lowest BCUT2D eigenvalue weighted by Crippen LogP contribution is -2.65. The molecule has 0 spiro atoms. The van der Waals surface area contributed by atoms with Gasteiger partial charge in [0, 0.05) is 44.1 Å². The van der Waals surface area contributed by atoms with E-state index in [2.05, 4.69) is 121 Å². The first-order valence-electron chi connectivity index (χ1n) is 21.4. The smallest absolute Gasteiger partial charge is 0.252 e. The maximum atomic E-state index is 9.63. The highest BCUT2D eigenvalue weighted by atomic mass is 15.2. The van der Waals surface area contributed by atoms with Gasteiger partial charge in [0.25, 0.3) is 6.71 Å². The van der Waals surface area contributed by atoms with E-state index in [4.69, 9.17) is 8.22 Å². The van der Waals surface area contributed by atoms with Gasteiger partial charge in [0.05, 0.1) is 0 Å². The standard InChI is InChI=1S/C45H55BN2/c1-28(2)29-23-38-40-39(24-29)48(41-44(9,10)32-21-22-45(41,11)27-32)37-26-31(43(6,7)8)18-20-35(37)46(40)34-19-17-30(42(3,4)5)25-36(34)47(38)33-15-13-12-14-16-33/h12-20,23-26,28,32,41H,21-22,27H2,1-11H3/i1D3,2D3,28D. The lowest BCUT2D eigenvalue weighted by molar-refractivity contribution is 0.140. The average Bonchev–Trinajstić information content (AvgIpc) is 3.57. The quantitative estimate of drug-likeness (QED) is 0.181. The molecule has 4 aromatic carbocycles. The second kappa shape index (κ2) is 10.3. The average molecular weight is 642 g/mol. The molecule has 48 heavy (non-hydrogen) atoms. The molecule has 3 heteroatoms. The molecule has 2 aliphatic heterocycles. The number of anilines is 5. The topological polar surface area (TPSA) is 6.48 Å². The molecule has 4 aromatic rings. The third-order valence-electron chi connectivity index (χ3n) is 12.6. The lowest BCUT2D eigenvalue weighted by atomic mass is 9.33. The van der Waals surface area contributed by atoms with Crippen molar-refractivity contribution in [3.8, 4) is 0 Å². The van der Waals surface area contributed by atoms with Gasteiger partial charge < -0.3 is 9.80 Å². The van der Waals surface area contributed by atoms with Crippen LogP contribution < -0.4 is 26.2 Å². The second-order valence-corrected chi connectivity index (χ2v) is 18.1. The van der Waals surface area contributed by atoms with Gasteiger partial charge in [-0.3, -0.25) is 0 Å². The van der Waals surface area contributed by atoms with Crippen molar-refractivity contribution in [3.63, 3.8) is 0 Å². The highest BCUT2D eigenvalue weighted by Crippen LogP contribution is 2.65. The molecule has 2 heterocycles. The predicted octanol–water partition coefficient (Wildman–Crippen LogP) is 10.4. The molecule has 0 radical (unpaired) electrons. The van der Waals surface area contributed by atoms with E-state index < -0.39 is 19.6 Å². The molecule has 0 saturated heterocycles. The first-order chi connectivity index (χ1) is 25.3. The van der Waals surface area contributed by atoms with Gasteiger partial charge in [-0.2, -0.15) is 0 Å². The summed E-state index contributed by atoms with van der Waals surface area (Å²) < 4.78 is 61.7. The molecule has 2 bridgehead atoms. The van der Waals surface area contributed by atoms with E-state index in [0.29, 0.717) is 5.92 Å². The minimum Gasteiger partial charge on any atom is -0.338 e. The summed E-state index contributed by atoms with van der Waals surface area (Å²) in [6.07, 6.45) is 3.36. The van der Waals surface area contributed by atoms with Crippen molar-refractivity contribution in [1.82, 2.24) is 0 Å². The summed E-state index contributed by atoms with van der Waals surface area (Å²) in [5.41, 5.74) is 9.79. The van der Waals surface area contributed by atoms with Crippen molar-refractivity contribution < 1.29 is 9.60 Å². The second-order valence-electron chi connectivity index (χ2n) is 18.1. The van der Waals surface area contributed by atoms with Crippen LogP contribution in [0.2, 0.25) is 0 Å². The Kier molecular flexibility index (Phi) is 5.28. The van der Waals surface area contributed by atoms with E-state index in [1.165, 1.54) is 17.4 Å². The summed E-state index contributed by atoms with van der Waals surface area (Å²) in [6, 6.07) is 27.4. The highest BCUT2D eigenvalue weighted by molar-refractivity contribution is 7.00. The fourth-order valence-electron chi connectivity index (χ4n) is 10.1. The largest absolute Gasteiger partial charge is 0.338 e. The van der Waals surface area contributed by atoms with Crippen molar-refractivity contribution in [3.05, 3.63) is 95.6 Å². The number of benzene rings is 4. The van der Waals surface area contributed by atoms with Crippen LogP contribution in [-0.4, -0.2) is 12.8 Å². The third kappa shape index (κ3) is 4.51. The van der Waals surface area contributed by atoms with Crippen LogP contribution in [0.15, 0.2) is 78.9 Å². The van der Waals surface area contributed by atoms with Gasteiger partial charge in [0.2, 0.25) is 0 Å². The molecule has 248 valence electrons. The van der Waals surface area contributed by atoms with Crippen LogP contribution >= 0.6 is 0 Å². The number of para-hydroxylation sites is 1. The van der Waals surface area contributed by atoms with Crippen LogP contribution in [0.1, 0.15) is 127 Å². The molecule has 2 saturated carbocycles. The Balaban J connectivity index is 1.56. The maximum Gasteiger partial charge on any atom is 0.252 e.